The first-order valence-corrected chi connectivity index (χ1v) is 10.7. The average Bonchev–Trinajstić information content (AvgIpc) is 2.60. The van der Waals surface area contributed by atoms with E-state index in [0.717, 1.165) is 11.1 Å². The maximum atomic E-state index is 12.2. The molecule has 7 heteroatoms. The summed E-state index contributed by atoms with van der Waals surface area (Å²) < 4.78 is 26.8. The zero-order valence-corrected chi connectivity index (χ0v) is 17.3. The number of hydrogen-bond donors (Lipinski definition) is 2. The van der Waals surface area contributed by atoms with Crippen LogP contribution in [0.5, 0.6) is 0 Å². The molecule has 2 aromatic carbocycles. The van der Waals surface area contributed by atoms with Crippen LogP contribution >= 0.6 is 11.6 Å². The fraction of sp³-hybridized carbons (Fsp3) is 0.350. The van der Waals surface area contributed by atoms with Gasteiger partial charge in [0, 0.05) is 17.5 Å². The van der Waals surface area contributed by atoms with E-state index in [1.807, 2.05) is 19.1 Å². The second kappa shape index (κ2) is 9.35. The number of rotatable bonds is 8. The molecule has 0 unspecified atom stereocenters. The molecule has 0 heterocycles. The summed E-state index contributed by atoms with van der Waals surface area (Å²) in [6.07, 6.45) is 0.866. The molecule has 0 fully saturated rings. The van der Waals surface area contributed by atoms with Crippen LogP contribution in [0.25, 0.3) is 0 Å². The van der Waals surface area contributed by atoms with Crippen molar-refractivity contribution in [1.29, 1.82) is 0 Å². The lowest BCUT2D eigenvalue weighted by molar-refractivity contribution is -0.121. The minimum Gasteiger partial charge on any atom is -0.350 e. The van der Waals surface area contributed by atoms with Gasteiger partial charge in [-0.1, -0.05) is 35.9 Å². The van der Waals surface area contributed by atoms with E-state index in [2.05, 4.69) is 10.0 Å². The molecule has 146 valence electrons. The van der Waals surface area contributed by atoms with Crippen LogP contribution in [0.4, 0.5) is 0 Å². The van der Waals surface area contributed by atoms with Crippen molar-refractivity contribution in [2.24, 2.45) is 0 Å². The molecule has 5 nitrogen and oxygen atoms in total. The van der Waals surface area contributed by atoms with E-state index in [9.17, 15) is 13.2 Å². The van der Waals surface area contributed by atoms with Gasteiger partial charge in [0.1, 0.15) is 0 Å². The quantitative estimate of drug-likeness (QED) is 0.696. The molecular formula is C20H25ClN2O3S. The van der Waals surface area contributed by atoms with Crippen molar-refractivity contribution in [2.75, 3.05) is 0 Å². The Morgan fingerprint density at radius 2 is 1.59 bits per heavy atom. The predicted octanol–water partition coefficient (Wildman–Crippen LogP) is 3.84. The maximum Gasteiger partial charge on any atom is 0.240 e. The Morgan fingerprint density at radius 1 is 1.00 bits per heavy atom. The van der Waals surface area contributed by atoms with Crippen molar-refractivity contribution in [3.05, 3.63) is 64.7 Å². The molecule has 1 atom stereocenters. The first-order valence-electron chi connectivity index (χ1n) is 8.83. The van der Waals surface area contributed by atoms with Crippen LogP contribution in [-0.2, 0) is 21.2 Å². The molecule has 0 saturated carbocycles. The smallest absolute Gasteiger partial charge is 0.240 e. The standard InChI is InChI=1S/C20H25ClN2O3S/c1-14(2)23-27(25,26)19-11-4-16(5-12-19)6-13-20(24)22-15(3)17-7-9-18(21)10-8-17/h4-5,7-12,14-15,23H,6,13H2,1-3H3,(H,22,24)/t15-/m0/s1. The SMILES string of the molecule is CC(C)NS(=O)(=O)c1ccc(CCC(=O)N[C@@H](C)c2ccc(Cl)cc2)cc1. The van der Waals surface area contributed by atoms with Crippen molar-refractivity contribution in [3.8, 4) is 0 Å². The molecule has 27 heavy (non-hydrogen) atoms. The molecule has 0 aliphatic heterocycles. The van der Waals surface area contributed by atoms with Crippen LogP contribution in [0.15, 0.2) is 53.4 Å². The summed E-state index contributed by atoms with van der Waals surface area (Å²) in [5, 5.41) is 3.61. The van der Waals surface area contributed by atoms with Crippen molar-refractivity contribution in [1.82, 2.24) is 10.0 Å². The topological polar surface area (TPSA) is 75.3 Å². The highest BCUT2D eigenvalue weighted by Crippen LogP contribution is 2.17. The largest absolute Gasteiger partial charge is 0.350 e. The fourth-order valence-corrected chi connectivity index (χ4v) is 4.00. The lowest BCUT2D eigenvalue weighted by atomic mass is 10.1. The molecular weight excluding hydrogens is 384 g/mol. The Balaban J connectivity index is 1.89. The highest BCUT2D eigenvalue weighted by atomic mass is 35.5. The van der Waals surface area contributed by atoms with E-state index in [0.29, 0.717) is 17.9 Å². The number of hydrogen-bond acceptors (Lipinski definition) is 3. The van der Waals surface area contributed by atoms with Crippen molar-refractivity contribution < 1.29 is 13.2 Å². The third kappa shape index (κ3) is 6.65. The minimum absolute atomic E-state index is 0.0596. The molecule has 0 aliphatic carbocycles. The lowest BCUT2D eigenvalue weighted by Gasteiger charge is -2.14. The summed E-state index contributed by atoms with van der Waals surface area (Å²) in [7, 11) is -3.50. The number of aryl methyl sites for hydroxylation is 1. The van der Waals surface area contributed by atoms with Crippen molar-refractivity contribution in [2.45, 2.75) is 50.6 Å². The highest BCUT2D eigenvalue weighted by molar-refractivity contribution is 7.89. The number of amides is 1. The second-order valence-electron chi connectivity index (χ2n) is 6.76. The number of halogens is 1. The van der Waals surface area contributed by atoms with Crippen LogP contribution in [0.3, 0.4) is 0 Å². The fourth-order valence-electron chi connectivity index (χ4n) is 2.62. The van der Waals surface area contributed by atoms with Gasteiger partial charge in [0.05, 0.1) is 10.9 Å². The van der Waals surface area contributed by atoms with E-state index in [1.54, 1.807) is 50.2 Å². The summed E-state index contributed by atoms with van der Waals surface area (Å²) in [6, 6.07) is 13.7. The summed E-state index contributed by atoms with van der Waals surface area (Å²) in [6.45, 7) is 5.47. The minimum atomic E-state index is -3.50. The molecule has 2 rings (SSSR count). The average molecular weight is 409 g/mol. The van der Waals surface area contributed by atoms with Gasteiger partial charge in [0.2, 0.25) is 15.9 Å². The summed E-state index contributed by atoms with van der Waals surface area (Å²) >= 11 is 5.87. The van der Waals surface area contributed by atoms with Gasteiger partial charge in [-0.3, -0.25) is 4.79 Å². The summed E-state index contributed by atoms with van der Waals surface area (Å²) in [5.74, 6) is -0.0596. The molecule has 0 aliphatic rings. The summed E-state index contributed by atoms with van der Waals surface area (Å²) in [5.41, 5.74) is 1.90. The van der Waals surface area contributed by atoms with Crippen LogP contribution < -0.4 is 10.0 Å². The molecule has 2 N–H and O–H groups in total. The van der Waals surface area contributed by atoms with Gasteiger partial charge >= 0.3 is 0 Å². The molecule has 0 radical (unpaired) electrons. The zero-order chi connectivity index (χ0) is 20.0. The molecule has 0 saturated heterocycles. The van der Waals surface area contributed by atoms with E-state index < -0.39 is 10.0 Å². The zero-order valence-electron chi connectivity index (χ0n) is 15.7. The third-order valence-electron chi connectivity index (χ3n) is 4.01. The Labute approximate surface area is 166 Å². The first kappa shape index (κ1) is 21.4. The maximum absolute atomic E-state index is 12.2. The van der Waals surface area contributed by atoms with Gasteiger partial charge in [0.15, 0.2) is 0 Å². The highest BCUT2D eigenvalue weighted by Gasteiger charge is 2.15. The van der Waals surface area contributed by atoms with Gasteiger partial charge in [-0.2, -0.15) is 0 Å². The first-order chi connectivity index (χ1) is 12.7. The number of nitrogens with one attached hydrogen (secondary N) is 2. The van der Waals surface area contributed by atoms with Crippen molar-refractivity contribution in [3.63, 3.8) is 0 Å². The predicted molar refractivity (Wildman–Crippen MR) is 108 cm³/mol. The van der Waals surface area contributed by atoms with Gasteiger partial charge < -0.3 is 5.32 Å². The van der Waals surface area contributed by atoms with Crippen LogP contribution in [0.2, 0.25) is 5.02 Å². The monoisotopic (exact) mass is 408 g/mol. The lowest BCUT2D eigenvalue weighted by Crippen LogP contribution is -2.30. The summed E-state index contributed by atoms with van der Waals surface area (Å²) in [4.78, 5) is 12.4. The Hall–Kier alpha value is -1.89. The molecule has 2 aromatic rings. The van der Waals surface area contributed by atoms with Crippen LogP contribution in [0, 0.1) is 0 Å². The second-order valence-corrected chi connectivity index (χ2v) is 8.91. The molecule has 1 amide bonds. The molecule has 0 aromatic heterocycles. The van der Waals surface area contributed by atoms with Crippen LogP contribution in [-0.4, -0.2) is 20.4 Å². The van der Waals surface area contributed by atoms with Gasteiger partial charge in [-0.15, -0.1) is 0 Å². The van der Waals surface area contributed by atoms with Gasteiger partial charge in [-0.25, -0.2) is 13.1 Å². The number of carbonyl (C=O) groups is 1. The van der Waals surface area contributed by atoms with Gasteiger partial charge in [-0.05, 0) is 62.6 Å². The Bertz CT molecular complexity index is 863. The van der Waals surface area contributed by atoms with E-state index in [1.165, 1.54) is 0 Å². The number of benzene rings is 2. The van der Waals surface area contributed by atoms with E-state index >= 15 is 0 Å². The molecule has 0 bridgehead atoms. The van der Waals surface area contributed by atoms with Gasteiger partial charge in [0.25, 0.3) is 0 Å². The Kier molecular flexibility index (Phi) is 7.41. The number of sulfonamides is 1. The normalized spacial score (nSPS) is 12.8. The van der Waals surface area contributed by atoms with Crippen LogP contribution in [0.1, 0.15) is 44.4 Å². The molecule has 0 spiro atoms. The third-order valence-corrected chi connectivity index (χ3v) is 5.94. The Morgan fingerprint density at radius 3 is 2.15 bits per heavy atom. The van der Waals surface area contributed by atoms with Crippen molar-refractivity contribution >= 4 is 27.5 Å². The van der Waals surface area contributed by atoms with E-state index in [-0.39, 0.29) is 22.9 Å². The number of carbonyl (C=O) groups excluding carboxylic acids is 1. The van der Waals surface area contributed by atoms with E-state index in [4.69, 9.17) is 11.6 Å².